The van der Waals surface area contributed by atoms with Crippen molar-refractivity contribution in [3.05, 3.63) is 42.2 Å². The van der Waals surface area contributed by atoms with Gasteiger partial charge in [0, 0.05) is 19.0 Å². The number of para-hydroxylation sites is 2. The van der Waals surface area contributed by atoms with Crippen LogP contribution >= 0.6 is 0 Å². The molecule has 2 N–H and O–H groups in total. The molecule has 1 aromatic heterocycles. The van der Waals surface area contributed by atoms with Gasteiger partial charge in [0.05, 0.1) is 24.6 Å². The smallest absolute Gasteiger partial charge is 0.359 e. The van der Waals surface area contributed by atoms with Gasteiger partial charge in [-0.05, 0) is 18.2 Å². The van der Waals surface area contributed by atoms with Gasteiger partial charge in [0.2, 0.25) is 0 Å². The number of hydrogen-bond acceptors (Lipinski definition) is 5. The Labute approximate surface area is 122 Å². The molecule has 6 nitrogen and oxygen atoms in total. The fraction of sp³-hybridized carbons (Fsp3) is 0.333. The third kappa shape index (κ3) is 3.05. The number of esters is 1. The monoisotopic (exact) mass is 287 g/mol. The highest BCUT2D eigenvalue weighted by Crippen LogP contribution is 2.17. The number of carbonyl (C=O) groups is 1. The molecule has 0 amide bonds. The van der Waals surface area contributed by atoms with Gasteiger partial charge in [-0.3, -0.25) is 0 Å². The van der Waals surface area contributed by atoms with Crippen LogP contribution in [0.25, 0.3) is 5.69 Å². The first-order valence-electron chi connectivity index (χ1n) is 6.93. The van der Waals surface area contributed by atoms with Crippen LogP contribution < -0.4 is 5.73 Å². The molecule has 0 atom stereocenters. The molecule has 2 heterocycles. The molecular formula is C15H17N3O3. The van der Waals surface area contributed by atoms with Crippen molar-refractivity contribution in [1.82, 2.24) is 9.78 Å². The van der Waals surface area contributed by atoms with Gasteiger partial charge in [-0.2, -0.15) is 5.10 Å². The largest absolute Gasteiger partial charge is 0.457 e. The lowest BCUT2D eigenvalue weighted by Crippen LogP contribution is -2.26. The molecule has 0 spiro atoms. The Morgan fingerprint density at radius 1 is 1.29 bits per heavy atom. The number of nitrogens with zero attached hydrogens (tertiary/aromatic N) is 2. The number of hydrogen-bond donors (Lipinski definition) is 1. The van der Waals surface area contributed by atoms with Crippen LogP contribution in [0.1, 0.15) is 23.3 Å². The van der Waals surface area contributed by atoms with E-state index in [1.54, 1.807) is 23.0 Å². The van der Waals surface area contributed by atoms with Gasteiger partial charge in [-0.15, -0.1) is 0 Å². The maximum Gasteiger partial charge on any atom is 0.359 e. The van der Waals surface area contributed by atoms with Gasteiger partial charge in [0.15, 0.2) is 5.69 Å². The predicted molar refractivity (Wildman–Crippen MR) is 77.2 cm³/mol. The van der Waals surface area contributed by atoms with Crippen LogP contribution in [0.15, 0.2) is 36.5 Å². The fourth-order valence-corrected chi connectivity index (χ4v) is 2.27. The van der Waals surface area contributed by atoms with Crippen molar-refractivity contribution in [3.8, 4) is 5.69 Å². The van der Waals surface area contributed by atoms with Crippen molar-refractivity contribution >= 4 is 11.7 Å². The summed E-state index contributed by atoms with van der Waals surface area (Å²) >= 11 is 0. The Bertz CT molecular complexity index is 633. The van der Waals surface area contributed by atoms with E-state index in [9.17, 15) is 4.79 Å². The molecule has 1 saturated heterocycles. The third-order valence-electron chi connectivity index (χ3n) is 3.42. The average Bonchev–Trinajstić information content (AvgIpc) is 2.98. The van der Waals surface area contributed by atoms with Gasteiger partial charge >= 0.3 is 5.97 Å². The number of rotatable bonds is 3. The fourth-order valence-electron chi connectivity index (χ4n) is 2.27. The van der Waals surface area contributed by atoms with E-state index in [1.807, 2.05) is 18.2 Å². The van der Waals surface area contributed by atoms with Crippen LogP contribution in [0, 0.1) is 0 Å². The molecular weight excluding hydrogens is 270 g/mol. The molecule has 0 unspecified atom stereocenters. The van der Waals surface area contributed by atoms with Crippen LogP contribution in [-0.2, 0) is 9.47 Å². The van der Waals surface area contributed by atoms with Crippen molar-refractivity contribution in [2.45, 2.75) is 18.9 Å². The molecule has 21 heavy (non-hydrogen) atoms. The summed E-state index contributed by atoms with van der Waals surface area (Å²) in [6.45, 7) is 1.26. The molecule has 3 rings (SSSR count). The highest BCUT2D eigenvalue weighted by Gasteiger charge is 2.20. The first-order chi connectivity index (χ1) is 10.2. The number of anilines is 1. The van der Waals surface area contributed by atoms with Gasteiger partial charge in [0.25, 0.3) is 0 Å². The van der Waals surface area contributed by atoms with Crippen molar-refractivity contribution in [2.75, 3.05) is 18.9 Å². The summed E-state index contributed by atoms with van der Waals surface area (Å²) in [5.41, 5.74) is 7.52. The zero-order chi connectivity index (χ0) is 14.7. The summed E-state index contributed by atoms with van der Waals surface area (Å²) in [5.74, 6) is -0.407. The summed E-state index contributed by atoms with van der Waals surface area (Å²) in [4.78, 5) is 12.1. The lowest BCUT2D eigenvalue weighted by molar-refractivity contribution is -0.0163. The molecule has 6 heteroatoms. The normalized spacial score (nSPS) is 15.8. The topological polar surface area (TPSA) is 79.4 Å². The van der Waals surface area contributed by atoms with E-state index in [4.69, 9.17) is 15.2 Å². The summed E-state index contributed by atoms with van der Waals surface area (Å²) in [7, 11) is 0. The lowest BCUT2D eigenvalue weighted by atomic mass is 10.1. The minimum atomic E-state index is -0.407. The molecule has 0 bridgehead atoms. The molecule has 1 fully saturated rings. The van der Waals surface area contributed by atoms with Crippen LogP contribution in [0.4, 0.5) is 5.69 Å². The second kappa shape index (κ2) is 5.97. The Morgan fingerprint density at radius 2 is 2.05 bits per heavy atom. The molecule has 0 aliphatic carbocycles. The molecule has 1 aromatic carbocycles. The predicted octanol–water partition coefficient (Wildman–Crippen LogP) is 1.79. The van der Waals surface area contributed by atoms with Crippen LogP contribution in [0.2, 0.25) is 0 Å². The zero-order valence-corrected chi connectivity index (χ0v) is 11.6. The van der Waals surface area contributed by atoms with Gasteiger partial charge in [-0.25, -0.2) is 9.48 Å². The second-order valence-corrected chi connectivity index (χ2v) is 4.92. The van der Waals surface area contributed by atoms with Crippen LogP contribution in [0.5, 0.6) is 0 Å². The Kier molecular flexibility index (Phi) is 3.87. The Morgan fingerprint density at radius 3 is 2.81 bits per heavy atom. The Hall–Kier alpha value is -2.34. The first kappa shape index (κ1) is 13.6. The average molecular weight is 287 g/mol. The second-order valence-electron chi connectivity index (χ2n) is 4.92. The van der Waals surface area contributed by atoms with E-state index in [0.717, 1.165) is 18.5 Å². The standard InChI is InChI=1S/C15H17N3O3/c16-12-3-1-2-4-14(12)18-8-5-13(17-18)15(19)21-11-6-9-20-10-7-11/h1-5,8,11H,6-7,9-10,16H2. The maximum absolute atomic E-state index is 12.1. The van der Waals surface area contributed by atoms with Gasteiger partial charge in [0.1, 0.15) is 6.10 Å². The van der Waals surface area contributed by atoms with E-state index in [0.29, 0.717) is 18.9 Å². The van der Waals surface area contributed by atoms with E-state index in [1.165, 1.54) is 0 Å². The number of ether oxygens (including phenoxy) is 2. The zero-order valence-electron chi connectivity index (χ0n) is 11.6. The van der Waals surface area contributed by atoms with Crippen molar-refractivity contribution in [3.63, 3.8) is 0 Å². The van der Waals surface area contributed by atoms with Crippen molar-refractivity contribution in [1.29, 1.82) is 0 Å². The molecule has 0 saturated carbocycles. The molecule has 1 aliphatic rings. The number of nitrogen functional groups attached to an aromatic ring is 1. The summed E-state index contributed by atoms with van der Waals surface area (Å²) in [5, 5.41) is 4.24. The summed E-state index contributed by atoms with van der Waals surface area (Å²) < 4.78 is 12.2. The van der Waals surface area contributed by atoms with Crippen molar-refractivity contribution in [2.24, 2.45) is 0 Å². The van der Waals surface area contributed by atoms with E-state index >= 15 is 0 Å². The number of benzene rings is 1. The minimum Gasteiger partial charge on any atom is -0.457 e. The van der Waals surface area contributed by atoms with E-state index in [2.05, 4.69) is 5.10 Å². The van der Waals surface area contributed by atoms with Crippen molar-refractivity contribution < 1.29 is 14.3 Å². The van der Waals surface area contributed by atoms with Gasteiger partial charge < -0.3 is 15.2 Å². The van der Waals surface area contributed by atoms with E-state index in [-0.39, 0.29) is 11.8 Å². The highest BCUT2D eigenvalue weighted by atomic mass is 16.6. The SMILES string of the molecule is Nc1ccccc1-n1ccc(C(=O)OC2CCOCC2)n1. The third-order valence-corrected chi connectivity index (χ3v) is 3.42. The number of aromatic nitrogens is 2. The maximum atomic E-state index is 12.1. The molecule has 1 aliphatic heterocycles. The number of carbonyl (C=O) groups excluding carboxylic acids is 1. The minimum absolute atomic E-state index is 0.0850. The molecule has 2 aromatic rings. The highest BCUT2D eigenvalue weighted by molar-refractivity contribution is 5.87. The summed E-state index contributed by atoms with van der Waals surface area (Å²) in [6.07, 6.45) is 3.08. The molecule has 0 radical (unpaired) electrons. The number of nitrogens with two attached hydrogens (primary N) is 1. The lowest BCUT2D eigenvalue weighted by Gasteiger charge is -2.21. The quantitative estimate of drug-likeness (QED) is 0.687. The first-order valence-corrected chi connectivity index (χ1v) is 6.93. The Balaban J connectivity index is 1.72. The molecule has 110 valence electrons. The van der Waals surface area contributed by atoms with Gasteiger partial charge in [-0.1, -0.05) is 12.1 Å². The summed E-state index contributed by atoms with van der Waals surface area (Å²) in [6, 6.07) is 8.98. The van der Waals surface area contributed by atoms with Crippen LogP contribution in [-0.4, -0.2) is 35.1 Å². The van der Waals surface area contributed by atoms with E-state index < -0.39 is 5.97 Å². The van der Waals surface area contributed by atoms with Crippen LogP contribution in [0.3, 0.4) is 0 Å².